The van der Waals surface area contributed by atoms with Gasteiger partial charge < -0.3 is 33.9 Å². The standard InChI is InChI=1S/C33H38N2O7/c1-21-10-7-8-11-23(21)20-42-25-14-12-22(13-15-25)30(36)28-29(35(33(38)31(28)37)17-9-16-34(2)3)24-18-26(39-4)32(41-6)27(19-24)40-5/h7-8,10-15,18-19,29,36H,9,16-17,20H2,1-6H3/b30-28+/t29-/m0/s1. The van der Waals surface area contributed by atoms with Crippen LogP contribution in [0.5, 0.6) is 23.0 Å². The first-order valence-electron chi connectivity index (χ1n) is 13.7. The number of amides is 1. The molecule has 0 aromatic heterocycles. The minimum absolute atomic E-state index is 0.00675. The summed E-state index contributed by atoms with van der Waals surface area (Å²) in [6, 6.07) is 17.3. The maximum Gasteiger partial charge on any atom is 0.295 e. The third-order valence-electron chi connectivity index (χ3n) is 7.33. The maximum absolute atomic E-state index is 13.5. The minimum Gasteiger partial charge on any atom is -0.507 e. The SMILES string of the molecule is COc1cc([C@H]2/C(=C(\O)c3ccc(OCc4ccccc4C)cc3)C(=O)C(=O)N2CCCN(C)C)cc(OC)c1OC. The molecule has 42 heavy (non-hydrogen) atoms. The van der Waals surface area contributed by atoms with Crippen molar-refractivity contribution in [2.75, 3.05) is 48.5 Å². The number of likely N-dealkylation sites (tertiary alicyclic amines) is 1. The highest BCUT2D eigenvalue weighted by Crippen LogP contribution is 2.45. The fourth-order valence-electron chi connectivity index (χ4n) is 5.07. The molecule has 4 rings (SSSR count). The number of Topliss-reactive ketones (excluding diaryl/α,β-unsaturated/α-hetero) is 1. The number of ether oxygens (including phenoxy) is 4. The van der Waals surface area contributed by atoms with Gasteiger partial charge in [-0.25, -0.2) is 0 Å². The number of hydrogen-bond donors (Lipinski definition) is 1. The Morgan fingerprint density at radius 1 is 0.929 bits per heavy atom. The van der Waals surface area contributed by atoms with E-state index in [4.69, 9.17) is 18.9 Å². The number of aryl methyl sites for hydroxylation is 1. The number of rotatable bonds is 12. The van der Waals surface area contributed by atoms with Gasteiger partial charge in [0.2, 0.25) is 5.75 Å². The third kappa shape index (κ3) is 6.36. The van der Waals surface area contributed by atoms with E-state index < -0.39 is 17.7 Å². The van der Waals surface area contributed by atoms with Gasteiger partial charge in [-0.15, -0.1) is 0 Å². The van der Waals surface area contributed by atoms with Crippen LogP contribution in [0, 0.1) is 6.92 Å². The Kier molecular flexibility index (Phi) is 9.75. The zero-order chi connectivity index (χ0) is 30.4. The van der Waals surface area contributed by atoms with Gasteiger partial charge in [-0.2, -0.15) is 0 Å². The largest absolute Gasteiger partial charge is 0.507 e. The summed E-state index contributed by atoms with van der Waals surface area (Å²) in [5, 5.41) is 11.5. The summed E-state index contributed by atoms with van der Waals surface area (Å²) in [7, 11) is 8.38. The summed E-state index contributed by atoms with van der Waals surface area (Å²) in [5.74, 6) is 0.0485. The van der Waals surface area contributed by atoms with Gasteiger partial charge >= 0.3 is 0 Å². The summed E-state index contributed by atoms with van der Waals surface area (Å²) >= 11 is 0. The summed E-state index contributed by atoms with van der Waals surface area (Å²) < 4.78 is 22.5. The second kappa shape index (κ2) is 13.4. The molecule has 0 saturated carbocycles. The molecule has 1 N–H and O–H groups in total. The highest BCUT2D eigenvalue weighted by molar-refractivity contribution is 6.46. The van der Waals surface area contributed by atoms with E-state index in [0.717, 1.165) is 17.7 Å². The lowest BCUT2D eigenvalue weighted by Crippen LogP contribution is -2.32. The van der Waals surface area contributed by atoms with Crippen molar-refractivity contribution in [2.24, 2.45) is 0 Å². The van der Waals surface area contributed by atoms with E-state index in [1.807, 2.05) is 50.2 Å². The van der Waals surface area contributed by atoms with E-state index in [2.05, 4.69) is 0 Å². The van der Waals surface area contributed by atoms with Crippen molar-refractivity contribution < 1.29 is 33.6 Å². The minimum atomic E-state index is -0.863. The molecule has 1 heterocycles. The second-order valence-electron chi connectivity index (χ2n) is 10.3. The van der Waals surface area contributed by atoms with Crippen LogP contribution in [0.3, 0.4) is 0 Å². The lowest BCUT2D eigenvalue weighted by atomic mass is 9.94. The van der Waals surface area contributed by atoms with Crippen molar-refractivity contribution in [1.82, 2.24) is 9.80 Å². The average molecular weight is 575 g/mol. The number of hydrogen-bond acceptors (Lipinski definition) is 8. The number of aliphatic hydroxyl groups is 1. The van der Waals surface area contributed by atoms with E-state index in [9.17, 15) is 14.7 Å². The molecule has 9 nitrogen and oxygen atoms in total. The smallest absolute Gasteiger partial charge is 0.295 e. The molecule has 0 spiro atoms. The number of carbonyl (C=O) groups is 2. The molecule has 1 aliphatic heterocycles. The lowest BCUT2D eigenvalue weighted by molar-refractivity contribution is -0.139. The Bertz CT molecular complexity index is 1440. The van der Waals surface area contributed by atoms with Crippen LogP contribution in [0.1, 0.15) is 34.7 Å². The molecular weight excluding hydrogens is 536 g/mol. The fourth-order valence-corrected chi connectivity index (χ4v) is 5.07. The summed E-state index contributed by atoms with van der Waals surface area (Å²) in [5.41, 5.74) is 3.14. The number of methoxy groups -OCH3 is 3. The van der Waals surface area contributed by atoms with Crippen LogP contribution in [0.15, 0.2) is 66.2 Å². The highest BCUT2D eigenvalue weighted by Gasteiger charge is 2.46. The molecule has 1 saturated heterocycles. The lowest BCUT2D eigenvalue weighted by Gasteiger charge is -2.27. The molecular formula is C33H38N2O7. The molecule has 3 aromatic carbocycles. The van der Waals surface area contributed by atoms with E-state index in [0.29, 0.717) is 53.7 Å². The first-order chi connectivity index (χ1) is 20.2. The quantitative estimate of drug-likeness (QED) is 0.184. The van der Waals surface area contributed by atoms with Crippen LogP contribution in [0.4, 0.5) is 0 Å². The molecule has 0 bridgehead atoms. The van der Waals surface area contributed by atoms with Gasteiger partial charge in [-0.3, -0.25) is 9.59 Å². The van der Waals surface area contributed by atoms with Crippen LogP contribution >= 0.6 is 0 Å². The Balaban J connectivity index is 1.73. The van der Waals surface area contributed by atoms with Gasteiger partial charge in [0.15, 0.2) is 11.5 Å². The molecule has 1 amide bonds. The molecule has 3 aromatic rings. The average Bonchev–Trinajstić information content (AvgIpc) is 3.24. The van der Waals surface area contributed by atoms with E-state index in [1.54, 1.807) is 36.4 Å². The van der Waals surface area contributed by atoms with Crippen LogP contribution in [0.25, 0.3) is 5.76 Å². The molecule has 222 valence electrons. The number of nitrogens with zero attached hydrogens (tertiary/aromatic N) is 2. The summed E-state index contributed by atoms with van der Waals surface area (Å²) in [4.78, 5) is 30.3. The van der Waals surface area contributed by atoms with Gasteiger partial charge in [-0.1, -0.05) is 24.3 Å². The van der Waals surface area contributed by atoms with Gasteiger partial charge in [-0.05, 0) is 87.1 Å². The van der Waals surface area contributed by atoms with Crippen molar-refractivity contribution in [3.8, 4) is 23.0 Å². The van der Waals surface area contributed by atoms with Crippen LogP contribution < -0.4 is 18.9 Å². The first-order valence-corrected chi connectivity index (χ1v) is 13.7. The summed E-state index contributed by atoms with van der Waals surface area (Å²) in [6.45, 7) is 3.46. The van der Waals surface area contributed by atoms with Gasteiger partial charge in [0, 0.05) is 12.1 Å². The van der Waals surface area contributed by atoms with E-state index >= 15 is 0 Å². The molecule has 0 radical (unpaired) electrons. The van der Waals surface area contributed by atoms with E-state index in [1.165, 1.54) is 26.2 Å². The second-order valence-corrected chi connectivity index (χ2v) is 10.3. The highest BCUT2D eigenvalue weighted by atomic mass is 16.5. The Morgan fingerprint density at radius 3 is 2.14 bits per heavy atom. The van der Waals surface area contributed by atoms with Crippen LogP contribution in [-0.2, 0) is 16.2 Å². The van der Waals surface area contributed by atoms with Crippen LogP contribution in [-0.4, -0.2) is 75.1 Å². The maximum atomic E-state index is 13.5. The summed E-state index contributed by atoms with van der Waals surface area (Å²) in [6.07, 6.45) is 0.633. The Hall–Kier alpha value is -4.50. The van der Waals surface area contributed by atoms with Crippen molar-refractivity contribution in [2.45, 2.75) is 26.0 Å². The molecule has 0 aliphatic carbocycles. The Labute approximate surface area is 246 Å². The van der Waals surface area contributed by atoms with Crippen LogP contribution in [0.2, 0.25) is 0 Å². The molecule has 1 atom stereocenters. The van der Waals surface area contributed by atoms with Gasteiger partial charge in [0.25, 0.3) is 11.7 Å². The molecule has 1 fully saturated rings. The Morgan fingerprint density at radius 2 is 1.57 bits per heavy atom. The predicted molar refractivity (Wildman–Crippen MR) is 160 cm³/mol. The number of benzene rings is 3. The zero-order valence-electron chi connectivity index (χ0n) is 25.0. The predicted octanol–water partition coefficient (Wildman–Crippen LogP) is 4.97. The zero-order valence-corrected chi connectivity index (χ0v) is 25.0. The fraction of sp³-hybridized carbons (Fsp3) is 0.333. The van der Waals surface area contributed by atoms with E-state index in [-0.39, 0.29) is 11.3 Å². The first kappa shape index (κ1) is 30.5. The monoisotopic (exact) mass is 574 g/mol. The number of ketones is 1. The third-order valence-corrected chi connectivity index (χ3v) is 7.33. The molecule has 1 aliphatic rings. The number of aliphatic hydroxyl groups excluding tert-OH is 1. The van der Waals surface area contributed by atoms with Crippen molar-refractivity contribution in [3.05, 3.63) is 88.5 Å². The van der Waals surface area contributed by atoms with Gasteiger partial charge in [0.05, 0.1) is 32.9 Å². The normalized spacial score (nSPS) is 16.2. The molecule has 9 heteroatoms. The van der Waals surface area contributed by atoms with Crippen molar-refractivity contribution >= 4 is 17.4 Å². The topological polar surface area (TPSA) is 97.8 Å². The van der Waals surface area contributed by atoms with Crippen molar-refractivity contribution in [1.29, 1.82) is 0 Å². The van der Waals surface area contributed by atoms with Gasteiger partial charge in [0.1, 0.15) is 18.1 Å². The molecule has 0 unspecified atom stereocenters. The number of carbonyl (C=O) groups excluding carboxylic acids is 2. The van der Waals surface area contributed by atoms with Crippen molar-refractivity contribution in [3.63, 3.8) is 0 Å².